The van der Waals surface area contributed by atoms with E-state index in [1.54, 1.807) is 11.8 Å². The van der Waals surface area contributed by atoms with E-state index in [9.17, 15) is 14.7 Å². The van der Waals surface area contributed by atoms with Crippen molar-refractivity contribution in [2.75, 3.05) is 13.1 Å². The Balaban J connectivity index is 1.68. The highest BCUT2D eigenvalue weighted by atomic mass is 16.5. The largest absolute Gasteiger partial charge is 0.479 e. The minimum Gasteiger partial charge on any atom is -0.479 e. The number of rotatable bonds is 3. The van der Waals surface area contributed by atoms with Crippen molar-refractivity contribution in [3.8, 4) is 5.69 Å². The van der Waals surface area contributed by atoms with Gasteiger partial charge in [0.25, 0.3) is 5.91 Å². The van der Waals surface area contributed by atoms with Gasteiger partial charge in [-0.25, -0.2) is 9.48 Å². The summed E-state index contributed by atoms with van der Waals surface area (Å²) in [6, 6.07) is 9.77. The molecule has 0 spiro atoms. The highest BCUT2D eigenvalue weighted by molar-refractivity contribution is 5.95. The molecule has 1 aromatic carbocycles. The molecule has 26 heavy (non-hydrogen) atoms. The normalized spacial score (nSPS) is 22.3. The van der Waals surface area contributed by atoms with Crippen LogP contribution in [0.25, 0.3) is 5.69 Å². The third-order valence-electron chi connectivity index (χ3n) is 4.96. The van der Waals surface area contributed by atoms with Gasteiger partial charge in [-0.2, -0.15) is 5.10 Å². The molecule has 7 nitrogen and oxygen atoms in total. The maximum Gasteiger partial charge on any atom is 0.334 e. The fourth-order valence-corrected chi connectivity index (χ4v) is 3.80. The van der Waals surface area contributed by atoms with E-state index in [0.717, 1.165) is 36.2 Å². The first-order valence-corrected chi connectivity index (χ1v) is 8.88. The van der Waals surface area contributed by atoms with Crippen molar-refractivity contribution < 1.29 is 19.4 Å². The molecule has 1 fully saturated rings. The van der Waals surface area contributed by atoms with Crippen LogP contribution in [0, 0.1) is 0 Å². The maximum atomic E-state index is 13.1. The van der Waals surface area contributed by atoms with Crippen molar-refractivity contribution in [1.29, 1.82) is 0 Å². The van der Waals surface area contributed by atoms with Gasteiger partial charge in [-0.05, 0) is 38.3 Å². The minimum absolute atomic E-state index is 0.0471. The summed E-state index contributed by atoms with van der Waals surface area (Å²) in [5.74, 6) is -1.26. The fraction of sp³-hybridized carbons (Fsp3) is 0.421. The molecule has 1 unspecified atom stereocenters. The number of morpholine rings is 1. The number of para-hydroxylation sites is 1. The summed E-state index contributed by atoms with van der Waals surface area (Å²) in [5.41, 5.74) is 3.45. The van der Waals surface area contributed by atoms with Crippen LogP contribution in [-0.4, -0.2) is 57.0 Å². The standard InChI is InChI=1S/C19H21N3O4/c1-12-10-21(11-16(26-12)19(24)25)18(23)17-14-8-5-9-15(14)22(20-17)13-6-3-2-4-7-13/h2-4,6-7,12,16H,5,8-11H2,1H3,(H,24,25)/t12-,16?/m1/s1. The molecule has 136 valence electrons. The Labute approximate surface area is 151 Å². The monoisotopic (exact) mass is 355 g/mol. The van der Waals surface area contributed by atoms with E-state index < -0.39 is 12.1 Å². The van der Waals surface area contributed by atoms with Crippen LogP contribution < -0.4 is 0 Å². The van der Waals surface area contributed by atoms with Crippen molar-refractivity contribution in [2.24, 2.45) is 0 Å². The van der Waals surface area contributed by atoms with E-state index in [-0.39, 0.29) is 18.6 Å². The zero-order valence-corrected chi connectivity index (χ0v) is 14.6. The first-order chi connectivity index (χ1) is 12.5. The van der Waals surface area contributed by atoms with E-state index in [0.29, 0.717) is 12.2 Å². The summed E-state index contributed by atoms with van der Waals surface area (Å²) < 4.78 is 7.27. The van der Waals surface area contributed by atoms with E-state index in [1.807, 2.05) is 35.0 Å². The van der Waals surface area contributed by atoms with Crippen LogP contribution in [0.3, 0.4) is 0 Å². The number of carbonyl (C=O) groups is 2. The summed E-state index contributed by atoms with van der Waals surface area (Å²) in [4.78, 5) is 26.0. The predicted molar refractivity (Wildman–Crippen MR) is 93.5 cm³/mol. The van der Waals surface area contributed by atoms with Crippen LogP contribution >= 0.6 is 0 Å². The summed E-state index contributed by atoms with van der Waals surface area (Å²) in [5, 5.41) is 13.9. The van der Waals surface area contributed by atoms with Crippen molar-refractivity contribution in [1.82, 2.24) is 14.7 Å². The molecule has 1 aromatic heterocycles. The van der Waals surface area contributed by atoms with Crippen LogP contribution in [0.1, 0.15) is 35.1 Å². The number of carboxylic acid groups (broad SMARTS) is 1. The van der Waals surface area contributed by atoms with Gasteiger partial charge in [0.05, 0.1) is 18.3 Å². The predicted octanol–water partition coefficient (Wildman–Crippen LogP) is 1.68. The Bertz CT molecular complexity index is 846. The molecule has 2 atom stereocenters. The molecule has 2 aromatic rings. The third-order valence-corrected chi connectivity index (χ3v) is 4.96. The number of hydrogen-bond donors (Lipinski definition) is 1. The van der Waals surface area contributed by atoms with Gasteiger partial charge < -0.3 is 14.7 Å². The van der Waals surface area contributed by atoms with Gasteiger partial charge in [0.2, 0.25) is 0 Å². The van der Waals surface area contributed by atoms with Crippen LogP contribution in [0.15, 0.2) is 30.3 Å². The molecule has 0 bridgehead atoms. The number of fused-ring (bicyclic) bond motifs is 1. The lowest BCUT2D eigenvalue weighted by atomic mass is 10.1. The van der Waals surface area contributed by atoms with Gasteiger partial charge in [-0.3, -0.25) is 4.79 Å². The number of carboxylic acids is 1. The third kappa shape index (κ3) is 2.88. The highest BCUT2D eigenvalue weighted by Gasteiger charge is 2.36. The lowest BCUT2D eigenvalue weighted by molar-refractivity contribution is -0.160. The molecule has 4 rings (SSSR count). The van der Waals surface area contributed by atoms with Crippen molar-refractivity contribution in [3.63, 3.8) is 0 Å². The smallest absolute Gasteiger partial charge is 0.334 e. The Morgan fingerprint density at radius 2 is 1.96 bits per heavy atom. The second-order valence-corrected chi connectivity index (χ2v) is 6.86. The second kappa shape index (κ2) is 6.57. The van der Waals surface area contributed by atoms with E-state index in [4.69, 9.17) is 4.74 Å². The van der Waals surface area contributed by atoms with E-state index in [2.05, 4.69) is 5.10 Å². The number of benzene rings is 1. The highest BCUT2D eigenvalue weighted by Crippen LogP contribution is 2.29. The first kappa shape index (κ1) is 16.8. The van der Waals surface area contributed by atoms with Crippen LogP contribution in [0.4, 0.5) is 0 Å². The quantitative estimate of drug-likeness (QED) is 0.905. The zero-order valence-electron chi connectivity index (χ0n) is 14.6. The SMILES string of the molecule is C[C@@H]1CN(C(=O)c2nn(-c3ccccc3)c3c2CCC3)CC(C(=O)O)O1. The van der Waals surface area contributed by atoms with Gasteiger partial charge in [0.1, 0.15) is 0 Å². The number of aromatic nitrogens is 2. The number of aliphatic carboxylic acids is 1. The molecule has 2 heterocycles. The van der Waals surface area contributed by atoms with Gasteiger partial charge in [-0.15, -0.1) is 0 Å². The van der Waals surface area contributed by atoms with Gasteiger partial charge in [-0.1, -0.05) is 18.2 Å². The summed E-state index contributed by atoms with van der Waals surface area (Å²) in [7, 11) is 0. The van der Waals surface area contributed by atoms with Gasteiger partial charge >= 0.3 is 5.97 Å². The number of amides is 1. The Morgan fingerprint density at radius 1 is 1.19 bits per heavy atom. The molecule has 1 saturated heterocycles. The Hall–Kier alpha value is -2.67. The number of ether oxygens (including phenoxy) is 1. The maximum absolute atomic E-state index is 13.1. The average molecular weight is 355 g/mol. The van der Waals surface area contributed by atoms with Crippen LogP contribution in [-0.2, 0) is 22.4 Å². The summed E-state index contributed by atoms with van der Waals surface area (Å²) in [6.45, 7) is 2.20. The fourth-order valence-electron chi connectivity index (χ4n) is 3.80. The molecular weight excluding hydrogens is 334 g/mol. The topological polar surface area (TPSA) is 84.7 Å². The average Bonchev–Trinajstić information content (AvgIpc) is 3.23. The van der Waals surface area contributed by atoms with E-state index >= 15 is 0 Å². The zero-order chi connectivity index (χ0) is 18.3. The molecule has 0 radical (unpaired) electrons. The minimum atomic E-state index is -1.05. The first-order valence-electron chi connectivity index (χ1n) is 8.88. The van der Waals surface area contributed by atoms with Crippen molar-refractivity contribution in [3.05, 3.63) is 47.3 Å². The lowest BCUT2D eigenvalue weighted by Gasteiger charge is -2.34. The molecule has 0 saturated carbocycles. The molecule has 1 N–H and O–H groups in total. The molecule has 2 aliphatic rings. The van der Waals surface area contributed by atoms with Crippen LogP contribution in [0.5, 0.6) is 0 Å². The number of nitrogens with zero attached hydrogens (tertiary/aromatic N) is 3. The van der Waals surface area contributed by atoms with Crippen LogP contribution in [0.2, 0.25) is 0 Å². The van der Waals surface area contributed by atoms with E-state index in [1.165, 1.54) is 0 Å². The summed E-state index contributed by atoms with van der Waals surface area (Å²) >= 11 is 0. The molecule has 1 aliphatic heterocycles. The van der Waals surface area contributed by atoms with Crippen molar-refractivity contribution >= 4 is 11.9 Å². The molecule has 7 heteroatoms. The molecular formula is C19H21N3O4. The Kier molecular flexibility index (Phi) is 4.24. The Morgan fingerprint density at radius 3 is 2.69 bits per heavy atom. The van der Waals surface area contributed by atoms with Gasteiger partial charge in [0, 0.05) is 17.8 Å². The molecule has 1 amide bonds. The second-order valence-electron chi connectivity index (χ2n) is 6.86. The number of hydrogen-bond acceptors (Lipinski definition) is 4. The van der Waals surface area contributed by atoms with Gasteiger partial charge in [0.15, 0.2) is 11.8 Å². The molecule has 1 aliphatic carbocycles. The number of carbonyl (C=O) groups excluding carboxylic acids is 1. The summed E-state index contributed by atoms with van der Waals surface area (Å²) in [6.07, 6.45) is 1.40. The van der Waals surface area contributed by atoms with Crippen molar-refractivity contribution in [2.45, 2.75) is 38.4 Å². The lowest BCUT2D eigenvalue weighted by Crippen LogP contribution is -2.52.